The highest BCUT2D eigenvalue weighted by Crippen LogP contribution is 2.21. The fraction of sp³-hybridized carbons (Fsp3) is 1.00. The largest absolute Gasteiger partial charge is 0.315 e. The Morgan fingerprint density at radius 1 is 1.00 bits per heavy atom. The van der Waals surface area contributed by atoms with Gasteiger partial charge < -0.3 is 5.32 Å². The summed E-state index contributed by atoms with van der Waals surface area (Å²) in [5.41, 5.74) is 0. The molecule has 2 unspecified atom stereocenters. The van der Waals surface area contributed by atoms with Gasteiger partial charge in [-0.25, -0.2) is 0 Å². The topological polar surface area (TPSA) is 15.3 Å². The van der Waals surface area contributed by atoms with Gasteiger partial charge in [0.15, 0.2) is 0 Å². The van der Waals surface area contributed by atoms with Gasteiger partial charge in [0, 0.05) is 18.6 Å². The number of nitrogens with one attached hydrogen (secondary N) is 1. The molecule has 0 aliphatic carbocycles. The van der Waals surface area contributed by atoms with E-state index in [4.69, 9.17) is 0 Å². The summed E-state index contributed by atoms with van der Waals surface area (Å²) < 4.78 is 0. The molecule has 0 aromatic rings. The molecule has 0 bridgehead atoms. The molecule has 2 heterocycles. The first kappa shape index (κ1) is 11.4. The molecule has 2 heteroatoms. The third kappa shape index (κ3) is 3.18. The van der Waals surface area contributed by atoms with E-state index in [0.717, 1.165) is 12.1 Å². The molecule has 2 rings (SSSR count). The minimum Gasteiger partial charge on any atom is -0.315 e. The first-order valence-electron chi connectivity index (χ1n) is 6.84. The minimum absolute atomic E-state index is 0.817. The van der Waals surface area contributed by atoms with Crippen molar-refractivity contribution in [1.29, 1.82) is 0 Å². The predicted molar refractivity (Wildman–Crippen MR) is 65.1 cm³/mol. The molecule has 0 aromatic carbocycles. The lowest BCUT2D eigenvalue weighted by atomic mass is 10.1. The van der Waals surface area contributed by atoms with Gasteiger partial charge in [0.2, 0.25) is 0 Å². The minimum atomic E-state index is 0.817. The Bertz CT molecular complexity index is 173. The van der Waals surface area contributed by atoms with Crippen molar-refractivity contribution < 1.29 is 0 Å². The lowest BCUT2D eigenvalue weighted by Crippen LogP contribution is -2.45. The first-order chi connectivity index (χ1) is 7.38. The van der Waals surface area contributed by atoms with Gasteiger partial charge in [0.25, 0.3) is 0 Å². The summed E-state index contributed by atoms with van der Waals surface area (Å²) in [7, 11) is 0. The van der Waals surface area contributed by atoms with Crippen LogP contribution in [-0.4, -0.2) is 36.6 Å². The maximum atomic E-state index is 3.59. The van der Waals surface area contributed by atoms with Gasteiger partial charge in [0.1, 0.15) is 0 Å². The van der Waals surface area contributed by atoms with Crippen molar-refractivity contribution in [2.45, 2.75) is 64.0 Å². The Balaban J connectivity index is 1.92. The van der Waals surface area contributed by atoms with Crippen molar-refractivity contribution in [1.82, 2.24) is 10.2 Å². The maximum absolute atomic E-state index is 3.59. The molecule has 2 fully saturated rings. The molecule has 1 N–H and O–H groups in total. The maximum Gasteiger partial charge on any atom is 0.0223 e. The Kier molecular flexibility index (Phi) is 4.45. The average molecular weight is 210 g/mol. The molecule has 88 valence electrons. The quantitative estimate of drug-likeness (QED) is 0.715. The second-order valence-electron chi connectivity index (χ2n) is 5.29. The van der Waals surface area contributed by atoms with Crippen LogP contribution in [0.15, 0.2) is 0 Å². The Morgan fingerprint density at radius 3 is 2.80 bits per heavy atom. The molecule has 15 heavy (non-hydrogen) atoms. The van der Waals surface area contributed by atoms with E-state index in [1.807, 2.05) is 0 Å². The fourth-order valence-electron chi connectivity index (χ4n) is 3.12. The van der Waals surface area contributed by atoms with Crippen LogP contribution in [0.1, 0.15) is 51.9 Å². The van der Waals surface area contributed by atoms with Crippen molar-refractivity contribution in [2.75, 3.05) is 19.6 Å². The molecule has 2 aliphatic heterocycles. The lowest BCUT2D eigenvalue weighted by Gasteiger charge is -2.34. The van der Waals surface area contributed by atoms with Gasteiger partial charge >= 0.3 is 0 Å². The SMILES string of the molecule is CC1CCCCCN1C1CCCCNC1. The van der Waals surface area contributed by atoms with Crippen molar-refractivity contribution in [3.8, 4) is 0 Å². The van der Waals surface area contributed by atoms with Crippen LogP contribution in [0.3, 0.4) is 0 Å². The van der Waals surface area contributed by atoms with E-state index in [9.17, 15) is 0 Å². The number of hydrogen-bond donors (Lipinski definition) is 1. The molecule has 2 nitrogen and oxygen atoms in total. The van der Waals surface area contributed by atoms with E-state index < -0.39 is 0 Å². The van der Waals surface area contributed by atoms with Crippen LogP contribution in [-0.2, 0) is 0 Å². The van der Waals surface area contributed by atoms with Gasteiger partial charge in [-0.3, -0.25) is 4.90 Å². The van der Waals surface area contributed by atoms with Crippen molar-refractivity contribution in [3.63, 3.8) is 0 Å². The van der Waals surface area contributed by atoms with Gasteiger partial charge in [-0.15, -0.1) is 0 Å². The third-order valence-electron chi connectivity index (χ3n) is 4.09. The zero-order valence-electron chi connectivity index (χ0n) is 10.2. The van der Waals surface area contributed by atoms with Crippen LogP contribution < -0.4 is 5.32 Å². The van der Waals surface area contributed by atoms with E-state index in [2.05, 4.69) is 17.1 Å². The average Bonchev–Trinajstić information content (AvgIpc) is 2.59. The molecule has 0 spiro atoms. The second-order valence-corrected chi connectivity index (χ2v) is 5.29. The molecular formula is C13H26N2. The summed E-state index contributed by atoms with van der Waals surface area (Å²) in [5, 5.41) is 3.59. The standard InChI is InChI=1S/C13H26N2/c1-12-7-3-2-6-10-15(12)13-8-4-5-9-14-11-13/h12-14H,2-11H2,1H3. The van der Waals surface area contributed by atoms with Crippen LogP contribution in [0.25, 0.3) is 0 Å². The summed E-state index contributed by atoms with van der Waals surface area (Å²) in [6, 6.07) is 1.64. The predicted octanol–water partition coefficient (Wildman–Crippen LogP) is 2.39. The zero-order valence-corrected chi connectivity index (χ0v) is 10.2. The molecule has 2 aliphatic rings. The molecule has 0 radical (unpaired) electrons. The summed E-state index contributed by atoms with van der Waals surface area (Å²) in [4.78, 5) is 2.78. The third-order valence-corrected chi connectivity index (χ3v) is 4.09. The van der Waals surface area contributed by atoms with Crippen LogP contribution in [0.4, 0.5) is 0 Å². The molecule has 0 aromatic heterocycles. The zero-order chi connectivity index (χ0) is 10.5. The van der Waals surface area contributed by atoms with E-state index >= 15 is 0 Å². The van der Waals surface area contributed by atoms with E-state index in [-0.39, 0.29) is 0 Å². The van der Waals surface area contributed by atoms with Gasteiger partial charge in [-0.2, -0.15) is 0 Å². The van der Waals surface area contributed by atoms with Crippen LogP contribution in [0, 0.1) is 0 Å². The van der Waals surface area contributed by atoms with Gasteiger partial charge in [-0.1, -0.05) is 19.3 Å². The molecule has 0 saturated carbocycles. The van der Waals surface area contributed by atoms with E-state index in [1.165, 1.54) is 64.6 Å². The van der Waals surface area contributed by atoms with Crippen LogP contribution in [0.2, 0.25) is 0 Å². The second kappa shape index (κ2) is 5.86. The number of rotatable bonds is 1. The van der Waals surface area contributed by atoms with Gasteiger partial charge in [-0.05, 0) is 45.7 Å². The van der Waals surface area contributed by atoms with Crippen molar-refractivity contribution in [3.05, 3.63) is 0 Å². The van der Waals surface area contributed by atoms with Crippen LogP contribution in [0.5, 0.6) is 0 Å². The van der Waals surface area contributed by atoms with Gasteiger partial charge in [0.05, 0.1) is 0 Å². The summed E-state index contributed by atoms with van der Waals surface area (Å²) >= 11 is 0. The normalized spacial score (nSPS) is 35.8. The Labute approximate surface area is 94.4 Å². The van der Waals surface area contributed by atoms with E-state index in [1.54, 1.807) is 0 Å². The molecule has 2 saturated heterocycles. The molecule has 0 amide bonds. The number of likely N-dealkylation sites (tertiary alicyclic amines) is 1. The summed E-state index contributed by atoms with van der Waals surface area (Å²) in [5.74, 6) is 0. The van der Waals surface area contributed by atoms with Crippen molar-refractivity contribution >= 4 is 0 Å². The summed E-state index contributed by atoms with van der Waals surface area (Å²) in [6.07, 6.45) is 9.92. The highest BCUT2D eigenvalue weighted by atomic mass is 15.2. The summed E-state index contributed by atoms with van der Waals surface area (Å²) in [6.45, 7) is 6.23. The Morgan fingerprint density at radius 2 is 1.87 bits per heavy atom. The lowest BCUT2D eigenvalue weighted by molar-refractivity contribution is 0.140. The first-order valence-corrected chi connectivity index (χ1v) is 6.84. The van der Waals surface area contributed by atoms with Crippen LogP contribution >= 0.6 is 0 Å². The number of hydrogen-bond acceptors (Lipinski definition) is 2. The fourth-order valence-corrected chi connectivity index (χ4v) is 3.12. The monoisotopic (exact) mass is 210 g/mol. The smallest absolute Gasteiger partial charge is 0.0223 e. The Hall–Kier alpha value is -0.0800. The van der Waals surface area contributed by atoms with E-state index in [0.29, 0.717) is 0 Å². The molecule has 2 atom stereocenters. The highest BCUT2D eigenvalue weighted by molar-refractivity contribution is 4.82. The molecular weight excluding hydrogens is 184 g/mol. The van der Waals surface area contributed by atoms with Crippen molar-refractivity contribution in [2.24, 2.45) is 0 Å². The number of nitrogens with zero attached hydrogens (tertiary/aromatic N) is 1. The highest BCUT2D eigenvalue weighted by Gasteiger charge is 2.25.